The summed E-state index contributed by atoms with van der Waals surface area (Å²) in [5, 5.41) is 12.7. The average Bonchev–Trinajstić information content (AvgIpc) is 2.62. The quantitative estimate of drug-likeness (QED) is 0.827. The van der Waals surface area contributed by atoms with E-state index in [2.05, 4.69) is 17.1 Å². The second kappa shape index (κ2) is 7.79. The standard InChI is InChI=1S/C20H21ClN2O3/c1-13-5-4-10-23(12-13)18-9-8-14(11-16(18)20(25)26)22-19(24)15-6-2-3-7-17(15)21/h2-3,6-9,11,13H,4-5,10,12H2,1H3,(H,22,24)(H,25,26)/t13-/m0/s1. The molecule has 5 nitrogen and oxygen atoms in total. The van der Waals surface area contributed by atoms with Gasteiger partial charge in [0.1, 0.15) is 0 Å². The van der Waals surface area contributed by atoms with Crippen molar-refractivity contribution in [3.63, 3.8) is 0 Å². The van der Waals surface area contributed by atoms with Crippen LogP contribution >= 0.6 is 11.6 Å². The first-order chi connectivity index (χ1) is 12.5. The molecule has 26 heavy (non-hydrogen) atoms. The van der Waals surface area contributed by atoms with Gasteiger partial charge in [-0.2, -0.15) is 0 Å². The van der Waals surface area contributed by atoms with Gasteiger partial charge in [0.25, 0.3) is 5.91 Å². The first kappa shape index (κ1) is 18.3. The average molecular weight is 373 g/mol. The van der Waals surface area contributed by atoms with Gasteiger partial charge in [-0.3, -0.25) is 4.79 Å². The van der Waals surface area contributed by atoms with E-state index < -0.39 is 5.97 Å². The number of carbonyl (C=O) groups is 2. The molecule has 3 rings (SSSR count). The minimum Gasteiger partial charge on any atom is -0.478 e. The maximum Gasteiger partial charge on any atom is 0.337 e. The highest BCUT2D eigenvalue weighted by atomic mass is 35.5. The second-order valence-corrected chi connectivity index (χ2v) is 7.07. The molecule has 0 aromatic heterocycles. The molecule has 6 heteroatoms. The third-order valence-electron chi connectivity index (χ3n) is 4.60. The number of halogens is 1. The number of hydrogen-bond donors (Lipinski definition) is 2. The molecule has 1 aliphatic rings. The lowest BCUT2D eigenvalue weighted by molar-refractivity contribution is 0.0697. The van der Waals surface area contributed by atoms with E-state index in [4.69, 9.17) is 11.6 Å². The molecule has 1 aliphatic heterocycles. The van der Waals surface area contributed by atoms with Crippen LogP contribution in [0.1, 0.15) is 40.5 Å². The van der Waals surface area contributed by atoms with Crippen molar-refractivity contribution >= 4 is 34.9 Å². The Labute approximate surface area is 157 Å². The van der Waals surface area contributed by atoms with Gasteiger partial charge in [-0.05, 0) is 49.1 Å². The zero-order valence-corrected chi connectivity index (χ0v) is 15.3. The zero-order valence-electron chi connectivity index (χ0n) is 14.5. The lowest BCUT2D eigenvalue weighted by Gasteiger charge is -2.33. The van der Waals surface area contributed by atoms with E-state index in [1.165, 1.54) is 6.07 Å². The van der Waals surface area contributed by atoms with Crippen molar-refractivity contribution in [2.45, 2.75) is 19.8 Å². The third-order valence-corrected chi connectivity index (χ3v) is 4.93. The second-order valence-electron chi connectivity index (χ2n) is 6.66. The fourth-order valence-corrected chi connectivity index (χ4v) is 3.53. The van der Waals surface area contributed by atoms with Crippen LogP contribution in [0.4, 0.5) is 11.4 Å². The van der Waals surface area contributed by atoms with Crippen molar-refractivity contribution in [1.29, 1.82) is 0 Å². The summed E-state index contributed by atoms with van der Waals surface area (Å²) in [5.41, 5.74) is 1.66. The molecule has 1 heterocycles. The number of benzene rings is 2. The number of nitrogens with one attached hydrogen (secondary N) is 1. The van der Waals surface area contributed by atoms with E-state index in [0.717, 1.165) is 25.9 Å². The normalized spacial score (nSPS) is 17.0. The zero-order chi connectivity index (χ0) is 18.7. The molecule has 1 atom stereocenters. The SMILES string of the molecule is C[C@H]1CCCN(c2ccc(NC(=O)c3ccccc3Cl)cc2C(=O)O)C1. The number of hydrogen-bond acceptors (Lipinski definition) is 3. The van der Waals surface area contributed by atoms with Gasteiger partial charge in [0, 0.05) is 18.8 Å². The van der Waals surface area contributed by atoms with Crippen LogP contribution in [0.15, 0.2) is 42.5 Å². The Balaban J connectivity index is 1.86. The molecule has 0 bridgehead atoms. The topological polar surface area (TPSA) is 69.6 Å². The summed E-state index contributed by atoms with van der Waals surface area (Å²) in [6.07, 6.45) is 2.20. The highest BCUT2D eigenvalue weighted by molar-refractivity contribution is 6.34. The molecule has 0 radical (unpaired) electrons. The molecule has 0 spiro atoms. The third kappa shape index (κ3) is 3.99. The minimum absolute atomic E-state index is 0.191. The predicted octanol–water partition coefficient (Wildman–Crippen LogP) is 4.53. The van der Waals surface area contributed by atoms with Crippen molar-refractivity contribution in [2.75, 3.05) is 23.3 Å². The molecule has 1 fully saturated rings. The summed E-state index contributed by atoms with van der Waals surface area (Å²) in [6, 6.07) is 11.7. The Morgan fingerprint density at radius 3 is 2.65 bits per heavy atom. The maximum atomic E-state index is 12.4. The van der Waals surface area contributed by atoms with Gasteiger partial charge in [0.2, 0.25) is 0 Å². The largest absolute Gasteiger partial charge is 0.478 e. The minimum atomic E-state index is -1.01. The molecule has 0 aliphatic carbocycles. The Hall–Kier alpha value is -2.53. The number of rotatable bonds is 4. The van der Waals surface area contributed by atoms with Crippen molar-refractivity contribution in [1.82, 2.24) is 0 Å². The van der Waals surface area contributed by atoms with Crippen LogP contribution in [-0.2, 0) is 0 Å². The van der Waals surface area contributed by atoms with Gasteiger partial charge >= 0.3 is 5.97 Å². The Morgan fingerprint density at radius 1 is 1.19 bits per heavy atom. The molecular weight excluding hydrogens is 352 g/mol. The van der Waals surface area contributed by atoms with E-state index in [1.54, 1.807) is 36.4 Å². The van der Waals surface area contributed by atoms with Crippen LogP contribution in [0.3, 0.4) is 0 Å². The fraction of sp³-hybridized carbons (Fsp3) is 0.300. The summed E-state index contributed by atoms with van der Waals surface area (Å²) in [7, 11) is 0. The van der Waals surface area contributed by atoms with E-state index in [0.29, 0.717) is 27.9 Å². The molecule has 2 N–H and O–H groups in total. The van der Waals surface area contributed by atoms with Crippen molar-refractivity contribution in [3.05, 3.63) is 58.6 Å². The molecule has 2 aromatic carbocycles. The molecule has 1 amide bonds. The molecule has 2 aromatic rings. The first-order valence-electron chi connectivity index (χ1n) is 8.64. The van der Waals surface area contributed by atoms with Gasteiger partial charge in [-0.25, -0.2) is 4.79 Å². The van der Waals surface area contributed by atoms with Gasteiger partial charge in [0.15, 0.2) is 0 Å². The van der Waals surface area contributed by atoms with E-state index in [-0.39, 0.29) is 11.5 Å². The van der Waals surface area contributed by atoms with Crippen LogP contribution < -0.4 is 10.2 Å². The number of aromatic carboxylic acids is 1. The van der Waals surface area contributed by atoms with Gasteiger partial charge in [-0.1, -0.05) is 30.7 Å². The number of carboxylic acids is 1. The Bertz CT molecular complexity index is 838. The highest BCUT2D eigenvalue weighted by Gasteiger charge is 2.22. The van der Waals surface area contributed by atoms with Crippen LogP contribution in [-0.4, -0.2) is 30.1 Å². The summed E-state index contributed by atoms with van der Waals surface area (Å²) in [4.78, 5) is 26.2. The monoisotopic (exact) mass is 372 g/mol. The Morgan fingerprint density at radius 2 is 1.96 bits per heavy atom. The smallest absolute Gasteiger partial charge is 0.337 e. The number of carbonyl (C=O) groups excluding carboxylic acids is 1. The molecule has 136 valence electrons. The highest BCUT2D eigenvalue weighted by Crippen LogP contribution is 2.29. The van der Waals surface area contributed by atoms with Crippen molar-refractivity contribution < 1.29 is 14.7 Å². The number of anilines is 2. The predicted molar refractivity (Wildman–Crippen MR) is 103 cm³/mol. The van der Waals surface area contributed by atoms with Crippen molar-refractivity contribution in [3.8, 4) is 0 Å². The van der Waals surface area contributed by atoms with E-state index in [9.17, 15) is 14.7 Å². The maximum absolute atomic E-state index is 12.4. The van der Waals surface area contributed by atoms with Crippen molar-refractivity contribution in [2.24, 2.45) is 5.92 Å². The number of nitrogens with zero attached hydrogens (tertiary/aromatic N) is 1. The molecular formula is C20H21ClN2O3. The molecule has 0 saturated carbocycles. The summed E-state index contributed by atoms with van der Waals surface area (Å²) in [6.45, 7) is 3.85. The fourth-order valence-electron chi connectivity index (χ4n) is 3.31. The van der Waals surface area contributed by atoms with Gasteiger partial charge in [-0.15, -0.1) is 0 Å². The summed E-state index contributed by atoms with van der Waals surface area (Å²) >= 11 is 6.05. The number of piperidine rings is 1. The van der Waals surface area contributed by atoms with Crippen LogP contribution in [0.2, 0.25) is 5.02 Å². The lowest BCUT2D eigenvalue weighted by atomic mass is 9.98. The molecule has 1 saturated heterocycles. The summed E-state index contributed by atoms with van der Waals surface area (Å²) in [5.74, 6) is -0.844. The lowest BCUT2D eigenvalue weighted by Crippen LogP contribution is -2.35. The van der Waals surface area contributed by atoms with E-state index >= 15 is 0 Å². The van der Waals surface area contributed by atoms with Crippen LogP contribution in [0, 0.1) is 5.92 Å². The Kier molecular flexibility index (Phi) is 5.47. The van der Waals surface area contributed by atoms with Crippen LogP contribution in [0.25, 0.3) is 0 Å². The molecule has 0 unspecified atom stereocenters. The van der Waals surface area contributed by atoms with E-state index in [1.807, 2.05) is 0 Å². The number of carboxylic acid groups (broad SMARTS) is 1. The first-order valence-corrected chi connectivity index (χ1v) is 9.01. The summed E-state index contributed by atoms with van der Waals surface area (Å²) < 4.78 is 0. The van der Waals surface area contributed by atoms with Crippen LogP contribution in [0.5, 0.6) is 0 Å². The van der Waals surface area contributed by atoms with Gasteiger partial charge in [0.05, 0.1) is 21.8 Å². The number of amides is 1. The van der Waals surface area contributed by atoms with Gasteiger partial charge < -0.3 is 15.3 Å².